The van der Waals surface area contributed by atoms with Gasteiger partial charge in [0.15, 0.2) is 5.75 Å². The van der Waals surface area contributed by atoms with Crippen LogP contribution in [0.15, 0.2) is 47.4 Å². The second-order valence-corrected chi connectivity index (χ2v) is 5.27. The van der Waals surface area contributed by atoms with Crippen LogP contribution in [0.4, 0.5) is 0 Å². The fourth-order valence-electron chi connectivity index (χ4n) is 2.67. The molecule has 0 spiro atoms. The van der Waals surface area contributed by atoms with Crippen LogP contribution >= 0.6 is 11.6 Å². The second-order valence-electron chi connectivity index (χ2n) is 4.83. The summed E-state index contributed by atoms with van der Waals surface area (Å²) in [6.07, 6.45) is 1.70. The predicted molar refractivity (Wildman–Crippen MR) is 88.7 cm³/mol. The molecule has 3 rings (SSSR count). The van der Waals surface area contributed by atoms with Crippen LogP contribution in [0.2, 0.25) is 5.02 Å². The summed E-state index contributed by atoms with van der Waals surface area (Å²) in [6, 6.07) is 11.1. The molecule has 1 aromatic carbocycles. The third-order valence-corrected chi connectivity index (χ3v) is 3.86. The first-order chi connectivity index (χ1) is 10.7. The summed E-state index contributed by atoms with van der Waals surface area (Å²) >= 11 is 6.11. The largest absolute Gasteiger partial charge is 0.491 e. The van der Waals surface area contributed by atoms with E-state index in [1.54, 1.807) is 22.9 Å². The molecule has 0 atom stereocenters. The SMILES string of the molecule is CCn1c(=O)c(OC)c(-c2ccccn2)c2ccc(Cl)cc21. The van der Waals surface area contributed by atoms with Gasteiger partial charge in [0.1, 0.15) is 0 Å². The van der Waals surface area contributed by atoms with Gasteiger partial charge in [-0.25, -0.2) is 0 Å². The van der Waals surface area contributed by atoms with Gasteiger partial charge in [0.2, 0.25) is 0 Å². The normalized spacial score (nSPS) is 10.9. The number of fused-ring (bicyclic) bond motifs is 1. The van der Waals surface area contributed by atoms with E-state index in [-0.39, 0.29) is 5.56 Å². The maximum Gasteiger partial charge on any atom is 0.294 e. The van der Waals surface area contributed by atoms with E-state index < -0.39 is 0 Å². The van der Waals surface area contributed by atoms with Crippen molar-refractivity contribution in [1.82, 2.24) is 9.55 Å². The van der Waals surface area contributed by atoms with Gasteiger partial charge in [0.25, 0.3) is 5.56 Å². The van der Waals surface area contributed by atoms with E-state index in [0.29, 0.717) is 28.6 Å². The standard InChI is InChI=1S/C17H15ClN2O2/c1-3-20-14-10-11(18)7-8-12(14)15(16(22-2)17(20)21)13-6-4-5-9-19-13/h4-10H,3H2,1-2H3. The molecule has 0 N–H and O–H groups in total. The molecule has 112 valence electrons. The molecule has 0 amide bonds. The minimum atomic E-state index is -0.180. The molecule has 0 bridgehead atoms. The van der Waals surface area contributed by atoms with Crippen molar-refractivity contribution in [2.75, 3.05) is 7.11 Å². The lowest BCUT2D eigenvalue weighted by atomic mass is 10.0. The summed E-state index contributed by atoms with van der Waals surface area (Å²) in [5.74, 6) is 0.301. The van der Waals surface area contributed by atoms with E-state index >= 15 is 0 Å². The van der Waals surface area contributed by atoms with E-state index in [4.69, 9.17) is 16.3 Å². The Morgan fingerprint density at radius 1 is 1.27 bits per heavy atom. The van der Waals surface area contributed by atoms with Gasteiger partial charge in [-0.2, -0.15) is 0 Å². The Labute approximate surface area is 132 Å². The molecule has 0 aliphatic rings. The van der Waals surface area contributed by atoms with Crippen molar-refractivity contribution >= 4 is 22.5 Å². The fraction of sp³-hybridized carbons (Fsp3) is 0.176. The van der Waals surface area contributed by atoms with Gasteiger partial charge >= 0.3 is 0 Å². The van der Waals surface area contributed by atoms with Crippen molar-refractivity contribution in [3.63, 3.8) is 0 Å². The molecule has 0 fully saturated rings. The number of pyridine rings is 2. The number of nitrogens with zero attached hydrogens (tertiary/aromatic N) is 2. The molecule has 5 heteroatoms. The molecular weight excluding hydrogens is 300 g/mol. The van der Waals surface area contributed by atoms with Crippen molar-refractivity contribution in [1.29, 1.82) is 0 Å². The zero-order chi connectivity index (χ0) is 15.7. The Morgan fingerprint density at radius 3 is 2.73 bits per heavy atom. The van der Waals surface area contributed by atoms with Crippen LogP contribution in [0, 0.1) is 0 Å². The molecule has 3 aromatic rings. The van der Waals surface area contributed by atoms with Crippen LogP contribution in [-0.4, -0.2) is 16.7 Å². The summed E-state index contributed by atoms with van der Waals surface area (Å²) in [7, 11) is 1.50. The van der Waals surface area contributed by atoms with Crippen LogP contribution in [-0.2, 0) is 6.54 Å². The Balaban J connectivity index is 2.53. The summed E-state index contributed by atoms with van der Waals surface area (Å²) in [5, 5.41) is 1.48. The molecule has 0 radical (unpaired) electrons. The first kappa shape index (κ1) is 14.6. The van der Waals surface area contributed by atoms with Gasteiger partial charge < -0.3 is 9.30 Å². The molecule has 0 aliphatic heterocycles. The Kier molecular flexibility index (Phi) is 3.86. The molecule has 0 saturated carbocycles. The van der Waals surface area contributed by atoms with Crippen molar-refractivity contribution < 1.29 is 4.74 Å². The number of aryl methyl sites for hydroxylation is 1. The Bertz CT molecular complexity index is 889. The maximum atomic E-state index is 12.7. The molecule has 0 saturated heterocycles. The highest BCUT2D eigenvalue weighted by Crippen LogP contribution is 2.34. The first-order valence-electron chi connectivity index (χ1n) is 6.98. The maximum absolute atomic E-state index is 12.7. The van der Waals surface area contributed by atoms with Crippen molar-refractivity contribution in [3.05, 3.63) is 58.0 Å². The minimum Gasteiger partial charge on any atom is -0.491 e. The van der Waals surface area contributed by atoms with Gasteiger partial charge in [-0.1, -0.05) is 23.7 Å². The number of rotatable bonds is 3. The van der Waals surface area contributed by atoms with Crippen molar-refractivity contribution in [2.45, 2.75) is 13.5 Å². The lowest BCUT2D eigenvalue weighted by molar-refractivity contribution is 0.406. The van der Waals surface area contributed by atoms with Crippen LogP contribution in [0.25, 0.3) is 22.2 Å². The van der Waals surface area contributed by atoms with E-state index in [1.807, 2.05) is 31.2 Å². The number of hydrogen-bond acceptors (Lipinski definition) is 3. The number of hydrogen-bond donors (Lipinski definition) is 0. The lowest BCUT2D eigenvalue weighted by Crippen LogP contribution is -2.22. The molecule has 4 nitrogen and oxygen atoms in total. The average Bonchev–Trinajstić information content (AvgIpc) is 2.54. The van der Waals surface area contributed by atoms with Gasteiger partial charge in [-0.05, 0) is 31.2 Å². The average molecular weight is 315 g/mol. The monoisotopic (exact) mass is 314 g/mol. The second kappa shape index (κ2) is 5.81. The quantitative estimate of drug-likeness (QED) is 0.739. The third kappa shape index (κ3) is 2.25. The molecule has 2 aromatic heterocycles. The molecule has 0 unspecified atom stereocenters. The number of ether oxygens (including phenoxy) is 1. The van der Waals surface area contributed by atoms with Crippen molar-refractivity contribution in [2.24, 2.45) is 0 Å². The van der Waals surface area contributed by atoms with Crippen molar-refractivity contribution in [3.8, 4) is 17.0 Å². The molecular formula is C17H15ClN2O2. The van der Waals surface area contributed by atoms with E-state index in [1.165, 1.54) is 7.11 Å². The smallest absolute Gasteiger partial charge is 0.294 e. The van der Waals surface area contributed by atoms with E-state index in [2.05, 4.69) is 4.98 Å². The predicted octanol–water partition coefficient (Wildman–Crippen LogP) is 3.75. The highest BCUT2D eigenvalue weighted by atomic mass is 35.5. The number of aromatic nitrogens is 2. The highest BCUT2D eigenvalue weighted by molar-refractivity contribution is 6.31. The van der Waals surface area contributed by atoms with Gasteiger partial charge in [0.05, 0.1) is 23.9 Å². The zero-order valence-corrected chi connectivity index (χ0v) is 13.1. The van der Waals surface area contributed by atoms with E-state index in [0.717, 1.165) is 10.9 Å². The summed E-state index contributed by atoms with van der Waals surface area (Å²) < 4.78 is 7.06. The Morgan fingerprint density at radius 2 is 2.09 bits per heavy atom. The van der Waals surface area contributed by atoms with Crippen LogP contribution in [0.5, 0.6) is 5.75 Å². The highest BCUT2D eigenvalue weighted by Gasteiger charge is 2.19. The summed E-state index contributed by atoms with van der Waals surface area (Å²) in [5.41, 5.74) is 2.00. The summed E-state index contributed by atoms with van der Waals surface area (Å²) in [6.45, 7) is 2.45. The lowest BCUT2D eigenvalue weighted by Gasteiger charge is -2.16. The molecule has 2 heterocycles. The van der Waals surface area contributed by atoms with Crippen LogP contribution in [0.3, 0.4) is 0 Å². The number of halogens is 1. The molecule has 22 heavy (non-hydrogen) atoms. The fourth-order valence-corrected chi connectivity index (χ4v) is 2.84. The molecule has 0 aliphatic carbocycles. The third-order valence-electron chi connectivity index (χ3n) is 3.63. The van der Waals surface area contributed by atoms with Gasteiger partial charge in [0, 0.05) is 23.2 Å². The topological polar surface area (TPSA) is 44.1 Å². The van der Waals surface area contributed by atoms with E-state index in [9.17, 15) is 4.79 Å². The van der Waals surface area contributed by atoms with Gasteiger partial charge in [-0.15, -0.1) is 0 Å². The van der Waals surface area contributed by atoms with Crippen LogP contribution < -0.4 is 10.3 Å². The van der Waals surface area contributed by atoms with Gasteiger partial charge in [-0.3, -0.25) is 9.78 Å². The minimum absolute atomic E-state index is 0.180. The van der Waals surface area contributed by atoms with Crippen LogP contribution in [0.1, 0.15) is 6.92 Å². The summed E-state index contributed by atoms with van der Waals surface area (Å²) in [4.78, 5) is 17.1. The number of methoxy groups -OCH3 is 1. The number of benzene rings is 1. The zero-order valence-electron chi connectivity index (χ0n) is 12.3. The Hall–Kier alpha value is -2.33. The first-order valence-corrected chi connectivity index (χ1v) is 7.36.